The maximum absolute atomic E-state index is 14.6. The summed E-state index contributed by atoms with van der Waals surface area (Å²) in [6.07, 6.45) is 4.62. The number of aromatic nitrogens is 2. The van der Waals surface area contributed by atoms with Crippen molar-refractivity contribution in [2.45, 2.75) is 32.4 Å². The Kier molecular flexibility index (Phi) is 11.7. The van der Waals surface area contributed by atoms with Crippen LogP contribution in [0.3, 0.4) is 0 Å². The van der Waals surface area contributed by atoms with Crippen molar-refractivity contribution in [2.24, 2.45) is 0 Å². The summed E-state index contributed by atoms with van der Waals surface area (Å²) in [5, 5.41) is 25.1. The van der Waals surface area contributed by atoms with E-state index < -0.39 is 34.4 Å². The van der Waals surface area contributed by atoms with Gasteiger partial charge in [0.25, 0.3) is 0 Å². The van der Waals surface area contributed by atoms with Crippen LogP contribution in [0.4, 0.5) is 20.2 Å². The van der Waals surface area contributed by atoms with E-state index in [0.717, 1.165) is 45.1 Å². The van der Waals surface area contributed by atoms with Crippen LogP contribution >= 0.6 is 12.4 Å². The zero-order valence-electron chi connectivity index (χ0n) is 26.8. The molecule has 3 aliphatic rings. The smallest absolute Gasteiger partial charge is 0.341 e. The van der Waals surface area contributed by atoms with E-state index in [4.69, 9.17) is 5.11 Å². The van der Waals surface area contributed by atoms with E-state index in [9.17, 15) is 33.1 Å². The lowest BCUT2D eigenvalue weighted by atomic mass is 10.1. The summed E-state index contributed by atoms with van der Waals surface area (Å²) in [5.41, 5.74) is 0.171. The lowest BCUT2D eigenvalue weighted by Crippen LogP contribution is -2.43. The number of benzene rings is 2. The second-order valence-corrected chi connectivity index (χ2v) is 11.9. The number of fused-ring (bicyclic) bond motifs is 2. The van der Waals surface area contributed by atoms with Gasteiger partial charge in [0.15, 0.2) is 0 Å². The van der Waals surface area contributed by atoms with Gasteiger partial charge in [0, 0.05) is 88.1 Å². The number of pyridine rings is 2. The van der Waals surface area contributed by atoms with E-state index in [1.807, 2.05) is 21.3 Å². The monoisotopic (exact) mass is 704 g/mol. The minimum Gasteiger partial charge on any atom is -0.477 e. The van der Waals surface area contributed by atoms with Crippen LogP contribution in [-0.2, 0) is 6.54 Å². The summed E-state index contributed by atoms with van der Waals surface area (Å²) in [6, 6.07) is 5.88. The molecule has 49 heavy (non-hydrogen) atoms. The fourth-order valence-electron chi connectivity index (χ4n) is 6.28. The number of carboxylic acid groups (broad SMARTS) is 2. The second-order valence-electron chi connectivity index (χ2n) is 11.9. The van der Waals surface area contributed by atoms with Gasteiger partial charge in [-0.1, -0.05) is 0 Å². The molecule has 0 bridgehead atoms. The van der Waals surface area contributed by atoms with E-state index >= 15 is 0 Å². The van der Waals surface area contributed by atoms with Gasteiger partial charge in [0.2, 0.25) is 10.9 Å². The average molecular weight is 705 g/mol. The molecule has 0 atom stereocenters. The Balaban J connectivity index is 0.000000212. The Labute approximate surface area is 285 Å². The van der Waals surface area contributed by atoms with Crippen molar-refractivity contribution >= 4 is 57.5 Å². The third kappa shape index (κ3) is 7.39. The van der Waals surface area contributed by atoms with Gasteiger partial charge in [-0.25, -0.2) is 18.4 Å². The molecule has 6 N–H and O–H groups in total. The molecule has 3 fully saturated rings. The number of nitrogens with zero attached hydrogens (tertiary/aromatic N) is 4. The summed E-state index contributed by atoms with van der Waals surface area (Å²) < 4.78 is 32.6. The SMILES string of the molecule is CCn1cc(C(=O)O)c(=O)c2cc(F)c(N3CCNCC3)cc21.Cl.O.O=C(O)c1cn(C2CC2)c2cc(N3CCNCC3)c(F)cc2c1=O. The summed E-state index contributed by atoms with van der Waals surface area (Å²) >= 11 is 0. The maximum Gasteiger partial charge on any atom is 0.341 e. The highest BCUT2D eigenvalue weighted by Crippen LogP contribution is 2.38. The van der Waals surface area contributed by atoms with Crippen molar-refractivity contribution in [3.05, 3.63) is 79.9 Å². The second kappa shape index (κ2) is 15.3. The number of carbonyl (C=O) groups is 2. The summed E-state index contributed by atoms with van der Waals surface area (Å²) in [5.74, 6) is -3.55. The lowest BCUT2D eigenvalue weighted by Gasteiger charge is -2.30. The van der Waals surface area contributed by atoms with Crippen LogP contribution in [0.15, 0.2) is 46.2 Å². The molecule has 0 spiro atoms. The molecule has 0 radical (unpaired) electrons. The van der Waals surface area contributed by atoms with Crippen LogP contribution in [0, 0.1) is 11.6 Å². The predicted octanol–water partition coefficient (Wildman–Crippen LogP) is 2.45. The number of carboxylic acids is 2. The maximum atomic E-state index is 14.6. The number of anilines is 2. The highest BCUT2D eigenvalue weighted by atomic mass is 35.5. The number of rotatable bonds is 6. The Morgan fingerprint density at radius 2 is 1.18 bits per heavy atom. The fourth-order valence-corrected chi connectivity index (χ4v) is 6.28. The largest absolute Gasteiger partial charge is 0.477 e. The van der Waals surface area contributed by atoms with Crippen LogP contribution in [0.25, 0.3) is 21.8 Å². The molecule has 1 aliphatic carbocycles. The Morgan fingerprint density at radius 3 is 1.61 bits per heavy atom. The third-order valence-electron chi connectivity index (χ3n) is 8.91. The minimum atomic E-state index is -1.30. The molecule has 7 rings (SSSR count). The Morgan fingerprint density at radius 1 is 0.755 bits per heavy atom. The normalized spacial score (nSPS) is 16.0. The molecule has 2 aromatic heterocycles. The average Bonchev–Trinajstić information content (AvgIpc) is 3.92. The van der Waals surface area contributed by atoms with Crippen LogP contribution in [0.5, 0.6) is 0 Å². The highest BCUT2D eigenvalue weighted by molar-refractivity contribution is 5.94. The van der Waals surface area contributed by atoms with Gasteiger partial charge in [-0.15, -0.1) is 12.4 Å². The van der Waals surface area contributed by atoms with Gasteiger partial charge < -0.3 is 45.3 Å². The quantitative estimate of drug-likeness (QED) is 0.233. The summed E-state index contributed by atoms with van der Waals surface area (Å²) in [6.45, 7) is 8.22. The number of aromatic carboxylic acids is 2. The molecule has 0 unspecified atom stereocenters. The molecule has 2 aliphatic heterocycles. The van der Waals surface area contributed by atoms with E-state index in [-0.39, 0.29) is 45.8 Å². The van der Waals surface area contributed by atoms with Gasteiger partial charge in [-0.3, -0.25) is 9.59 Å². The van der Waals surface area contributed by atoms with Gasteiger partial charge in [-0.05, 0) is 44.0 Å². The van der Waals surface area contributed by atoms with E-state index in [0.29, 0.717) is 55.1 Å². The molecule has 0 amide bonds. The van der Waals surface area contributed by atoms with Crippen molar-refractivity contribution in [1.82, 2.24) is 19.8 Å². The molecule has 2 aromatic carbocycles. The summed E-state index contributed by atoms with van der Waals surface area (Å²) in [4.78, 5) is 51.1. The number of hydrogen-bond donors (Lipinski definition) is 4. The molecule has 16 heteroatoms. The van der Waals surface area contributed by atoms with E-state index in [1.54, 1.807) is 16.7 Å². The van der Waals surface area contributed by atoms with E-state index in [2.05, 4.69) is 10.6 Å². The first-order chi connectivity index (χ1) is 22.6. The minimum absolute atomic E-state index is 0. The van der Waals surface area contributed by atoms with Crippen LogP contribution < -0.4 is 31.3 Å². The van der Waals surface area contributed by atoms with Gasteiger partial charge >= 0.3 is 11.9 Å². The van der Waals surface area contributed by atoms with Crippen molar-refractivity contribution in [1.29, 1.82) is 0 Å². The van der Waals surface area contributed by atoms with Gasteiger partial charge in [0.1, 0.15) is 22.8 Å². The predicted molar refractivity (Wildman–Crippen MR) is 185 cm³/mol. The number of hydrogen-bond acceptors (Lipinski definition) is 8. The molecule has 4 aromatic rings. The number of halogens is 3. The first-order valence-electron chi connectivity index (χ1n) is 15.7. The Bertz CT molecular complexity index is 2000. The first-order valence-corrected chi connectivity index (χ1v) is 15.7. The molecular formula is C33H39ClF2N6O7. The zero-order valence-corrected chi connectivity index (χ0v) is 27.6. The number of aryl methyl sites for hydroxylation is 1. The summed E-state index contributed by atoms with van der Waals surface area (Å²) in [7, 11) is 0. The molecule has 264 valence electrons. The third-order valence-corrected chi connectivity index (χ3v) is 8.91. The van der Waals surface area contributed by atoms with Crippen molar-refractivity contribution in [2.75, 3.05) is 62.2 Å². The molecule has 1 saturated carbocycles. The highest BCUT2D eigenvalue weighted by Gasteiger charge is 2.28. The topological polar surface area (TPSA) is 181 Å². The van der Waals surface area contributed by atoms with Crippen LogP contribution in [-0.4, -0.2) is 89.1 Å². The van der Waals surface area contributed by atoms with Crippen LogP contribution in [0.2, 0.25) is 0 Å². The van der Waals surface area contributed by atoms with Crippen molar-refractivity contribution < 1.29 is 34.1 Å². The first kappa shape index (κ1) is 37.3. The Hall–Kier alpha value is -4.57. The standard InChI is InChI=1S/C17H18FN3O3.C16H18FN3O3.ClH.H2O/c18-13-7-11-14(8-15(13)20-5-3-19-4-6-20)21(10-1-2-10)9-12(16(11)22)17(23)24;1-2-19-9-11(16(22)23)15(21)10-7-12(17)14(8-13(10)19)20-5-3-18-4-6-20;;/h7-10,19H,1-6H2,(H,23,24);7-9,18H,2-6H2,1H3,(H,22,23);1H;1H2. The van der Waals surface area contributed by atoms with Crippen molar-refractivity contribution in [3.63, 3.8) is 0 Å². The molecule has 2 saturated heterocycles. The van der Waals surface area contributed by atoms with E-state index in [1.165, 1.54) is 18.5 Å². The molecule has 13 nitrogen and oxygen atoms in total. The fraction of sp³-hybridized carbons (Fsp3) is 0.394. The number of piperazine rings is 2. The van der Waals surface area contributed by atoms with Gasteiger partial charge in [0.05, 0.1) is 22.4 Å². The molecule has 4 heterocycles. The van der Waals surface area contributed by atoms with Crippen LogP contribution in [0.1, 0.15) is 46.5 Å². The van der Waals surface area contributed by atoms with Crippen molar-refractivity contribution in [3.8, 4) is 0 Å². The number of nitrogens with one attached hydrogen (secondary N) is 2. The lowest BCUT2D eigenvalue weighted by molar-refractivity contribution is 0.0684. The van der Waals surface area contributed by atoms with Gasteiger partial charge in [-0.2, -0.15) is 0 Å². The zero-order chi connectivity index (χ0) is 33.4. The molecular weight excluding hydrogens is 666 g/mol.